The quantitative estimate of drug-likeness (QED) is 0.178. The summed E-state index contributed by atoms with van der Waals surface area (Å²) in [6.07, 6.45) is 3.67. The van der Waals surface area contributed by atoms with E-state index in [0.29, 0.717) is 17.5 Å². The molecule has 8 rings (SSSR count). The molecule has 0 saturated heterocycles. The van der Waals surface area contributed by atoms with Crippen LogP contribution >= 0.6 is 0 Å². The van der Waals surface area contributed by atoms with Crippen molar-refractivity contribution in [3.8, 4) is 78.9 Å². The molecule has 0 bridgehead atoms. The van der Waals surface area contributed by atoms with E-state index in [0.717, 1.165) is 55.9 Å². The van der Waals surface area contributed by atoms with Gasteiger partial charge in [-0.2, -0.15) is 0 Å². The van der Waals surface area contributed by atoms with Gasteiger partial charge in [0, 0.05) is 40.2 Å². The Bertz CT molecular complexity index is 2270. The van der Waals surface area contributed by atoms with Crippen molar-refractivity contribution in [3.05, 3.63) is 176 Å². The van der Waals surface area contributed by atoms with Crippen LogP contribution in [-0.4, -0.2) is 24.9 Å². The minimum absolute atomic E-state index is 0.633. The molecule has 0 amide bonds. The molecule has 0 N–H and O–H groups in total. The number of pyridine rings is 2. The van der Waals surface area contributed by atoms with E-state index >= 15 is 0 Å². The Morgan fingerprint density at radius 3 is 1.08 bits per heavy atom. The molecule has 0 unspecified atom stereocenters. The summed E-state index contributed by atoms with van der Waals surface area (Å²) in [5.41, 5.74) is 11.3. The Morgan fingerprint density at radius 2 is 0.625 bits per heavy atom. The molecule has 0 fully saturated rings. The van der Waals surface area contributed by atoms with Crippen LogP contribution < -0.4 is 0 Å². The highest BCUT2D eigenvalue weighted by molar-refractivity contribution is 5.74. The average Bonchev–Trinajstić information content (AvgIpc) is 3.19. The normalized spacial score (nSPS) is 10.9. The molecule has 0 aliphatic carbocycles. The van der Waals surface area contributed by atoms with Crippen molar-refractivity contribution in [3.63, 3.8) is 0 Å². The van der Waals surface area contributed by atoms with E-state index in [1.165, 1.54) is 5.56 Å². The molecule has 5 heteroatoms. The first-order chi connectivity index (χ1) is 23.8. The number of nitrogens with zero attached hydrogens (tertiary/aromatic N) is 5. The smallest absolute Gasteiger partial charge is 0.164 e. The third kappa shape index (κ3) is 6.13. The second kappa shape index (κ2) is 13.0. The van der Waals surface area contributed by atoms with Crippen LogP contribution in [0.2, 0.25) is 0 Å². The molecular weight excluding hydrogens is 587 g/mol. The van der Waals surface area contributed by atoms with Gasteiger partial charge < -0.3 is 0 Å². The fourth-order valence-corrected chi connectivity index (χ4v) is 5.69. The predicted molar refractivity (Wildman–Crippen MR) is 193 cm³/mol. The van der Waals surface area contributed by atoms with E-state index in [4.69, 9.17) is 15.0 Å². The summed E-state index contributed by atoms with van der Waals surface area (Å²) in [5, 5.41) is 0. The zero-order valence-electron chi connectivity index (χ0n) is 26.0. The van der Waals surface area contributed by atoms with Gasteiger partial charge in [0.1, 0.15) is 0 Å². The van der Waals surface area contributed by atoms with Gasteiger partial charge in [-0.3, -0.25) is 9.97 Å². The average molecular weight is 616 g/mol. The van der Waals surface area contributed by atoms with E-state index < -0.39 is 0 Å². The number of hydrogen-bond donors (Lipinski definition) is 0. The van der Waals surface area contributed by atoms with E-state index in [2.05, 4.69) is 113 Å². The summed E-state index contributed by atoms with van der Waals surface area (Å²) in [4.78, 5) is 23.8. The molecule has 5 nitrogen and oxygen atoms in total. The lowest BCUT2D eigenvalue weighted by Gasteiger charge is -2.10. The van der Waals surface area contributed by atoms with Gasteiger partial charge in [-0.15, -0.1) is 0 Å². The molecule has 226 valence electrons. The number of benzene rings is 5. The summed E-state index contributed by atoms with van der Waals surface area (Å²) in [7, 11) is 0. The molecule has 48 heavy (non-hydrogen) atoms. The van der Waals surface area contributed by atoms with Crippen molar-refractivity contribution in [2.75, 3.05) is 0 Å². The minimum atomic E-state index is 0.633. The highest BCUT2D eigenvalue weighted by Gasteiger charge is 2.13. The first-order valence-corrected chi connectivity index (χ1v) is 15.8. The lowest BCUT2D eigenvalue weighted by molar-refractivity contribution is 1.07. The van der Waals surface area contributed by atoms with Gasteiger partial charge in [0.15, 0.2) is 17.5 Å². The van der Waals surface area contributed by atoms with Crippen LogP contribution in [0.1, 0.15) is 0 Å². The van der Waals surface area contributed by atoms with E-state index in [1.807, 2.05) is 66.9 Å². The van der Waals surface area contributed by atoms with Crippen molar-refractivity contribution in [1.29, 1.82) is 0 Å². The number of aromatic nitrogens is 5. The van der Waals surface area contributed by atoms with Gasteiger partial charge >= 0.3 is 0 Å². The summed E-state index contributed by atoms with van der Waals surface area (Å²) in [5.74, 6) is 1.91. The summed E-state index contributed by atoms with van der Waals surface area (Å²) in [6, 6.07) is 55.6. The fraction of sp³-hybridized carbons (Fsp3) is 0. The molecular formula is C43H29N5. The molecule has 3 aromatic heterocycles. The third-order valence-electron chi connectivity index (χ3n) is 8.30. The zero-order valence-corrected chi connectivity index (χ0v) is 26.0. The molecule has 0 radical (unpaired) electrons. The Morgan fingerprint density at radius 1 is 0.250 bits per heavy atom. The lowest BCUT2D eigenvalue weighted by atomic mass is 10.0. The highest BCUT2D eigenvalue weighted by atomic mass is 15.0. The SMILES string of the molecule is c1ccc(-c2ccc(-c3nc(-c4ccccc4)nc(-c4ccc(-c5ccc(-c6ccc(-c7ccccn7)cn6)cc5)cc4)n3)cc2)cc1. The molecule has 0 aliphatic rings. The van der Waals surface area contributed by atoms with Gasteiger partial charge in [0.2, 0.25) is 0 Å². The van der Waals surface area contributed by atoms with Crippen molar-refractivity contribution in [2.45, 2.75) is 0 Å². The topological polar surface area (TPSA) is 64.5 Å². The van der Waals surface area contributed by atoms with Crippen molar-refractivity contribution in [1.82, 2.24) is 24.9 Å². The number of hydrogen-bond acceptors (Lipinski definition) is 5. The third-order valence-corrected chi connectivity index (χ3v) is 8.30. The summed E-state index contributed by atoms with van der Waals surface area (Å²) < 4.78 is 0. The van der Waals surface area contributed by atoms with Crippen LogP contribution in [0.5, 0.6) is 0 Å². The Hall–Kier alpha value is -6.59. The van der Waals surface area contributed by atoms with Gasteiger partial charge in [-0.05, 0) is 46.5 Å². The van der Waals surface area contributed by atoms with Gasteiger partial charge in [-0.1, -0.05) is 140 Å². The van der Waals surface area contributed by atoms with Crippen molar-refractivity contribution >= 4 is 0 Å². The maximum Gasteiger partial charge on any atom is 0.164 e. The highest BCUT2D eigenvalue weighted by Crippen LogP contribution is 2.30. The van der Waals surface area contributed by atoms with E-state index in [-0.39, 0.29) is 0 Å². The first-order valence-electron chi connectivity index (χ1n) is 15.8. The molecule has 3 heterocycles. The summed E-state index contributed by atoms with van der Waals surface area (Å²) in [6.45, 7) is 0. The minimum Gasteiger partial charge on any atom is -0.256 e. The van der Waals surface area contributed by atoms with Gasteiger partial charge in [0.05, 0.1) is 11.4 Å². The van der Waals surface area contributed by atoms with Gasteiger partial charge in [-0.25, -0.2) is 15.0 Å². The van der Waals surface area contributed by atoms with E-state index in [1.54, 1.807) is 6.20 Å². The van der Waals surface area contributed by atoms with E-state index in [9.17, 15) is 0 Å². The largest absolute Gasteiger partial charge is 0.256 e. The second-order valence-electron chi connectivity index (χ2n) is 11.4. The van der Waals surface area contributed by atoms with Crippen LogP contribution in [0.15, 0.2) is 176 Å². The Kier molecular flexibility index (Phi) is 7.83. The Balaban J connectivity index is 1.07. The molecule has 0 saturated carbocycles. The molecule has 5 aromatic carbocycles. The lowest BCUT2D eigenvalue weighted by Crippen LogP contribution is -2.00. The second-order valence-corrected chi connectivity index (χ2v) is 11.4. The standard InChI is InChI=1S/C43H29N5/c1-3-9-30(10-4-1)31-16-22-36(23-17-31)42-46-41(35-11-5-2-6-12-35)47-43(48-42)37-24-18-33(19-25-37)32-14-20-34(21-15-32)40-27-26-38(29-45-40)39-13-7-8-28-44-39/h1-29H. The zero-order chi connectivity index (χ0) is 32.1. The maximum absolute atomic E-state index is 4.94. The van der Waals surface area contributed by atoms with Crippen LogP contribution in [-0.2, 0) is 0 Å². The monoisotopic (exact) mass is 615 g/mol. The maximum atomic E-state index is 4.94. The predicted octanol–water partition coefficient (Wildman–Crippen LogP) is 10.3. The fourth-order valence-electron chi connectivity index (χ4n) is 5.69. The molecule has 0 atom stereocenters. The molecule has 8 aromatic rings. The van der Waals surface area contributed by atoms with Crippen LogP contribution in [0.4, 0.5) is 0 Å². The first kappa shape index (κ1) is 28.9. The van der Waals surface area contributed by atoms with Crippen LogP contribution in [0.3, 0.4) is 0 Å². The molecule has 0 spiro atoms. The van der Waals surface area contributed by atoms with Crippen LogP contribution in [0, 0.1) is 0 Å². The van der Waals surface area contributed by atoms with Crippen molar-refractivity contribution < 1.29 is 0 Å². The van der Waals surface area contributed by atoms with Gasteiger partial charge in [0.25, 0.3) is 0 Å². The Labute approximate surface area is 279 Å². The van der Waals surface area contributed by atoms with Crippen LogP contribution in [0.25, 0.3) is 78.9 Å². The molecule has 0 aliphatic heterocycles. The van der Waals surface area contributed by atoms with Crippen molar-refractivity contribution in [2.24, 2.45) is 0 Å². The number of rotatable bonds is 7. The summed E-state index contributed by atoms with van der Waals surface area (Å²) >= 11 is 0.